The summed E-state index contributed by atoms with van der Waals surface area (Å²) in [5.41, 5.74) is 3.39. The van der Waals surface area contributed by atoms with Gasteiger partial charge >= 0.3 is 5.97 Å². The van der Waals surface area contributed by atoms with E-state index in [1.54, 1.807) is 6.08 Å². The van der Waals surface area contributed by atoms with Crippen LogP contribution in [0.1, 0.15) is 16.9 Å². The van der Waals surface area contributed by atoms with E-state index >= 15 is 0 Å². The summed E-state index contributed by atoms with van der Waals surface area (Å²) >= 11 is 3.51. The Bertz CT molecular complexity index is 668. The summed E-state index contributed by atoms with van der Waals surface area (Å²) in [6.45, 7) is 4.12. The zero-order chi connectivity index (χ0) is 14.7. The summed E-state index contributed by atoms with van der Waals surface area (Å²) in [6.07, 6.45) is 2.93. The highest BCUT2D eigenvalue weighted by molar-refractivity contribution is 9.10. The van der Waals surface area contributed by atoms with Gasteiger partial charge in [0.1, 0.15) is 11.5 Å². The third-order valence-corrected chi connectivity index (χ3v) is 4.06. The number of halogens is 1. The van der Waals surface area contributed by atoms with Crippen LogP contribution in [-0.2, 0) is 9.53 Å². The van der Waals surface area contributed by atoms with Crippen molar-refractivity contribution in [2.45, 2.75) is 13.8 Å². The Morgan fingerprint density at radius 3 is 2.65 bits per heavy atom. The van der Waals surface area contributed by atoms with E-state index in [1.165, 1.54) is 18.7 Å². The minimum Gasteiger partial charge on any atom is -0.466 e. The summed E-state index contributed by atoms with van der Waals surface area (Å²) < 4.78 is 11.3. The lowest BCUT2D eigenvalue weighted by molar-refractivity contribution is -0.134. The van der Waals surface area contributed by atoms with E-state index < -0.39 is 5.97 Å². The minimum absolute atomic E-state index is 0.404. The first-order valence-electron chi connectivity index (χ1n) is 6.15. The highest BCUT2D eigenvalue weighted by Gasteiger charge is 2.10. The summed E-state index contributed by atoms with van der Waals surface area (Å²) in [4.78, 5) is 11.0. The third-order valence-electron chi connectivity index (χ3n) is 3.20. The van der Waals surface area contributed by atoms with Gasteiger partial charge in [0.15, 0.2) is 0 Å². The Kier molecular flexibility index (Phi) is 4.45. The molecule has 0 atom stereocenters. The van der Waals surface area contributed by atoms with Crippen LogP contribution in [0.2, 0.25) is 0 Å². The first kappa shape index (κ1) is 14.6. The van der Waals surface area contributed by atoms with Gasteiger partial charge in [-0.25, -0.2) is 4.79 Å². The third kappa shape index (κ3) is 3.02. The number of esters is 1. The molecule has 2 aromatic rings. The number of rotatable bonds is 3. The topological polar surface area (TPSA) is 39.4 Å². The number of benzene rings is 1. The fraction of sp³-hybridized carbons (Fsp3) is 0.188. The van der Waals surface area contributed by atoms with Crippen LogP contribution < -0.4 is 0 Å². The van der Waals surface area contributed by atoms with Crippen molar-refractivity contribution in [2.75, 3.05) is 7.11 Å². The van der Waals surface area contributed by atoms with Crippen LogP contribution in [0.25, 0.3) is 17.4 Å². The molecule has 0 spiro atoms. The molecule has 0 unspecified atom stereocenters. The second kappa shape index (κ2) is 6.09. The summed E-state index contributed by atoms with van der Waals surface area (Å²) in [7, 11) is 1.34. The molecule has 20 heavy (non-hydrogen) atoms. The van der Waals surface area contributed by atoms with Gasteiger partial charge in [-0.1, -0.05) is 15.9 Å². The monoisotopic (exact) mass is 334 g/mol. The minimum atomic E-state index is -0.404. The van der Waals surface area contributed by atoms with Gasteiger partial charge in [0.2, 0.25) is 0 Å². The molecule has 3 nitrogen and oxygen atoms in total. The van der Waals surface area contributed by atoms with Crippen molar-refractivity contribution in [3.05, 3.63) is 51.7 Å². The quantitative estimate of drug-likeness (QED) is 0.612. The predicted octanol–water partition coefficient (Wildman–Crippen LogP) is 4.51. The molecule has 0 amide bonds. The van der Waals surface area contributed by atoms with Gasteiger partial charge in [-0.2, -0.15) is 0 Å². The fourth-order valence-corrected chi connectivity index (χ4v) is 2.29. The van der Waals surface area contributed by atoms with Crippen molar-refractivity contribution in [3.8, 4) is 11.3 Å². The smallest absolute Gasteiger partial charge is 0.330 e. The van der Waals surface area contributed by atoms with E-state index in [0.29, 0.717) is 5.76 Å². The molecule has 1 aromatic heterocycles. The van der Waals surface area contributed by atoms with Gasteiger partial charge < -0.3 is 9.15 Å². The Labute approximate surface area is 126 Å². The van der Waals surface area contributed by atoms with E-state index in [2.05, 4.69) is 34.5 Å². The Balaban J connectivity index is 2.32. The second-order valence-electron chi connectivity index (χ2n) is 4.40. The largest absolute Gasteiger partial charge is 0.466 e. The molecule has 1 aromatic carbocycles. The molecule has 0 N–H and O–H groups in total. The van der Waals surface area contributed by atoms with Crippen LogP contribution in [0.15, 0.2) is 39.2 Å². The molecular formula is C16H15BrO3. The molecule has 2 rings (SSSR count). The maximum atomic E-state index is 11.0. The number of carbonyl (C=O) groups is 1. The number of methoxy groups -OCH3 is 1. The molecule has 0 aliphatic rings. The molecule has 104 valence electrons. The van der Waals surface area contributed by atoms with Gasteiger partial charge in [-0.3, -0.25) is 0 Å². The number of ether oxygens (including phenoxy) is 1. The standard InChI is InChI=1S/C16H15BrO3/c1-10-11(2)14(17)7-6-13(10)15-8-4-12(20-15)5-9-16(18)19-3/h4-9H,1-3H3/b9-5+. The maximum absolute atomic E-state index is 11.0. The van der Waals surface area contributed by atoms with Crippen LogP contribution in [0.4, 0.5) is 0 Å². The van der Waals surface area contributed by atoms with E-state index in [-0.39, 0.29) is 0 Å². The Hall–Kier alpha value is -1.81. The van der Waals surface area contributed by atoms with Gasteiger partial charge in [-0.05, 0) is 55.3 Å². The van der Waals surface area contributed by atoms with Crippen LogP contribution >= 0.6 is 15.9 Å². The van der Waals surface area contributed by atoms with E-state index in [9.17, 15) is 4.79 Å². The van der Waals surface area contributed by atoms with Crippen molar-refractivity contribution in [1.82, 2.24) is 0 Å². The van der Waals surface area contributed by atoms with Crippen molar-refractivity contribution in [3.63, 3.8) is 0 Å². The van der Waals surface area contributed by atoms with Gasteiger partial charge in [0.05, 0.1) is 7.11 Å². The lowest BCUT2D eigenvalue weighted by atomic mass is 10.0. The number of carbonyl (C=O) groups excluding carboxylic acids is 1. The van der Waals surface area contributed by atoms with Crippen LogP contribution in [0.3, 0.4) is 0 Å². The molecule has 0 bridgehead atoms. The average Bonchev–Trinajstić information content (AvgIpc) is 2.91. The second-order valence-corrected chi connectivity index (χ2v) is 5.26. The summed E-state index contributed by atoms with van der Waals surface area (Å²) in [5, 5.41) is 0. The summed E-state index contributed by atoms with van der Waals surface area (Å²) in [6, 6.07) is 7.74. The van der Waals surface area contributed by atoms with E-state index in [4.69, 9.17) is 4.42 Å². The number of hydrogen-bond acceptors (Lipinski definition) is 3. The highest BCUT2D eigenvalue weighted by Crippen LogP contribution is 2.31. The number of hydrogen-bond donors (Lipinski definition) is 0. The lowest BCUT2D eigenvalue weighted by Gasteiger charge is -2.08. The van der Waals surface area contributed by atoms with Crippen LogP contribution in [-0.4, -0.2) is 13.1 Å². The van der Waals surface area contributed by atoms with Crippen molar-refractivity contribution >= 4 is 28.0 Å². The highest BCUT2D eigenvalue weighted by atomic mass is 79.9. The van der Waals surface area contributed by atoms with Crippen LogP contribution in [0.5, 0.6) is 0 Å². The van der Waals surface area contributed by atoms with E-state index in [1.807, 2.05) is 24.3 Å². The van der Waals surface area contributed by atoms with Crippen LogP contribution in [0, 0.1) is 13.8 Å². The SMILES string of the molecule is COC(=O)/C=C/c1ccc(-c2ccc(Br)c(C)c2C)o1. The molecule has 0 aliphatic carbocycles. The van der Waals surface area contributed by atoms with Gasteiger partial charge in [0.25, 0.3) is 0 Å². The fourth-order valence-electron chi connectivity index (χ4n) is 1.86. The molecule has 4 heteroatoms. The maximum Gasteiger partial charge on any atom is 0.330 e. The Morgan fingerprint density at radius 2 is 1.95 bits per heavy atom. The first-order valence-corrected chi connectivity index (χ1v) is 6.94. The van der Waals surface area contributed by atoms with Crippen molar-refractivity contribution < 1.29 is 13.9 Å². The lowest BCUT2D eigenvalue weighted by Crippen LogP contribution is -1.92. The summed E-state index contributed by atoms with van der Waals surface area (Å²) in [5.74, 6) is 0.992. The predicted molar refractivity (Wildman–Crippen MR) is 82.4 cm³/mol. The molecule has 0 saturated carbocycles. The molecule has 0 saturated heterocycles. The van der Waals surface area contributed by atoms with E-state index in [0.717, 1.165) is 21.4 Å². The molecular weight excluding hydrogens is 320 g/mol. The Morgan fingerprint density at radius 1 is 1.20 bits per heavy atom. The molecule has 0 radical (unpaired) electrons. The van der Waals surface area contributed by atoms with Gasteiger partial charge in [-0.15, -0.1) is 0 Å². The van der Waals surface area contributed by atoms with Crippen molar-refractivity contribution in [2.24, 2.45) is 0 Å². The molecule has 0 fully saturated rings. The molecule has 0 aliphatic heterocycles. The zero-order valence-corrected chi connectivity index (χ0v) is 13.2. The zero-order valence-electron chi connectivity index (χ0n) is 11.6. The van der Waals surface area contributed by atoms with Crippen molar-refractivity contribution in [1.29, 1.82) is 0 Å². The number of furan rings is 1. The molecule has 1 heterocycles. The van der Waals surface area contributed by atoms with Gasteiger partial charge in [0, 0.05) is 16.1 Å². The average molecular weight is 335 g/mol. The normalized spacial score (nSPS) is 11.0. The first-order chi connectivity index (χ1) is 9.52.